The first-order chi connectivity index (χ1) is 11.0. The molecule has 0 unspecified atom stereocenters. The normalized spacial score (nSPS) is 10.2. The Labute approximate surface area is 145 Å². The molecule has 0 fully saturated rings. The van der Waals surface area contributed by atoms with Crippen LogP contribution in [0.3, 0.4) is 0 Å². The van der Waals surface area contributed by atoms with Crippen LogP contribution in [0.25, 0.3) is 0 Å². The minimum atomic E-state index is -0.0645. The Morgan fingerprint density at radius 2 is 1.91 bits per heavy atom. The van der Waals surface area contributed by atoms with E-state index in [9.17, 15) is 4.79 Å². The van der Waals surface area contributed by atoms with Gasteiger partial charge in [-0.25, -0.2) is 0 Å². The summed E-state index contributed by atoms with van der Waals surface area (Å²) in [5, 5.41) is 5.93. The van der Waals surface area contributed by atoms with Crippen molar-refractivity contribution in [2.24, 2.45) is 0 Å². The second-order valence-corrected chi connectivity index (χ2v) is 6.21. The van der Waals surface area contributed by atoms with E-state index in [1.807, 2.05) is 56.3 Å². The third kappa shape index (κ3) is 5.94. The third-order valence-corrected chi connectivity index (χ3v) is 3.90. The van der Waals surface area contributed by atoms with E-state index < -0.39 is 0 Å². The SMILES string of the molecule is Cc1cccc(OCCNC(=O)CNc2ccc(C)cc2Br)c1. The second-order valence-electron chi connectivity index (χ2n) is 5.35. The first-order valence-electron chi connectivity index (χ1n) is 7.51. The molecule has 0 aromatic heterocycles. The van der Waals surface area contributed by atoms with Crippen LogP contribution in [0.1, 0.15) is 11.1 Å². The van der Waals surface area contributed by atoms with Crippen molar-refractivity contribution in [1.29, 1.82) is 0 Å². The van der Waals surface area contributed by atoms with Gasteiger partial charge in [-0.1, -0.05) is 18.2 Å². The zero-order valence-corrected chi connectivity index (χ0v) is 14.9. The van der Waals surface area contributed by atoms with E-state index >= 15 is 0 Å². The lowest BCUT2D eigenvalue weighted by molar-refractivity contribution is -0.119. The van der Waals surface area contributed by atoms with E-state index in [0.29, 0.717) is 13.2 Å². The van der Waals surface area contributed by atoms with Crippen LogP contribution >= 0.6 is 15.9 Å². The van der Waals surface area contributed by atoms with E-state index in [0.717, 1.165) is 21.5 Å². The van der Waals surface area contributed by atoms with Crippen molar-refractivity contribution >= 4 is 27.5 Å². The van der Waals surface area contributed by atoms with Gasteiger partial charge in [-0.3, -0.25) is 4.79 Å². The molecule has 0 bridgehead atoms. The Kier molecular flexibility index (Phi) is 6.47. The quantitative estimate of drug-likeness (QED) is 0.724. The fourth-order valence-electron chi connectivity index (χ4n) is 2.07. The molecular weight excluding hydrogens is 356 g/mol. The minimum Gasteiger partial charge on any atom is -0.492 e. The van der Waals surface area contributed by atoms with Gasteiger partial charge in [0.05, 0.1) is 13.1 Å². The number of aryl methyl sites for hydroxylation is 2. The van der Waals surface area contributed by atoms with Gasteiger partial charge in [-0.05, 0) is 65.2 Å². The highest BCUT2D eigenvalue weighted by molar-refractivity contribution is 9.10. The molecule has 4 nitrogen and oxygen atoms in total. The van der Waals surface area contributed by atoms with Gasteiger partial charge < -0.3 is 15.4 Å². The van der Waals surface area contributed by atoms with Gasteiger partial charge in [0, 0.05) is 10.2 Å². The second kappa shape index (κ2) is 8.58. The molecule has 2 aromatic rings. The van der Waals surface area contributed by atoms with Crippen LogP contribution in [0.5, 0.6) is 5.75 Å². The summed E-state index contributed by atoms with van der Waals surface area (Å²) in [6.45, 7) is 5.19. The molecule has 0 aliphatic rings. The number of hydrogen-bond acceptors (Lipinski definition) is 3. The molecule has 2 rings (SSSR count). The molecule has 23 heavy (non-hydrogen) atoms. The molecule has 0 spiro atoms. The Hall–Kier alpha value is -2.01. The highest BCUT2D eigenvalue weighted by Crippen LogP contribution is 2.22. The number of benzene rings is 2. The van der Waals surface area contributed by atoms with Crippen LogP contribution in [0.2, 0.25) is 0 Å². The summed E-state index contributed by atoms with van der Waals surface area (Å²) in [6.07, 6.45) is 0. The lowest BCUT2D eigenvalue weighted by Crippen LogP contribution is -2.33. The lowest BCUT2D eigenvalue weighted by atomic mass is 10.2. The molecule has 0 saturated carbocycles. The number of rotatable bonds is 7. The highest BCUT2D eigenvalue weighted by atomic mass is 79.9. The zero-order valence-electron chi connectivity index (χ0n) is 13.4. The molecule has 2 N–H and O–H groups in total. The van der Waals surface area contributed by atoms with E-state index in [1.165, 1.54) is 5.56 Å². The predicted molar refractivity (Wildman–Crippen MR) is 97.1 cm³/mol. The van der Waals surface area contributed by atoms with Gasteiger partial charge in [0.2, 0.25) is 5.91 Å². The third-order valence-electron chi connectivity index (χ3n) is 3.25. The molecule has 0 radical (unpaired) electrons. The number of nitrogens with one attached hydrogen (secondary N) is 2. The summed E-state index contributed by atoms with van der Waals surface area (Å²) < 4.78 is 6.54. The summed E-state index contributed by atoms with van der Waals surface area (Å²) in [7, 11) is 0. The van der Waals surface area contributed by atoms with E-state index in [-0.39, 0.29) is 12.5 Å². The maximum Gasteiger partial charge on any atom is 0.239 e. The van der Waals surface area contributed by atoms with Crippen molar-refractivity contribution in [3.05, 3.63) is 58.1 Å². The number of carbonyl (C=O) groups is 1. The van der Waals surface area contributed by atoms with Crippen molar-refractivity contribution in [3.8, 4) is 5.75 Å². The minimum absolute atomic E-state index is 0.0645. The van der Waals surface area contributed by atoms with Gasteiger partial charge in [0.15, 0.2) is 0 Å². The number of ether oxygens (including phenoxy) is 1. The van der Waals surface area contributed by atoms with Crippen LogP contribution in [-0.4, -0.2) is 25.6 Å². The average Bonchev–Trinajstić information content (AvgIpc) is 2.51. The molecule has 0 heterocycles. The largest absolute Gasteiger partial charge is 0.492 e. The Morgan fingerprint density at radius 3 is 2.65 bits per heavy atom. The number of anilines is 1. The Bertz CT molecular complexity index is 674. The first kappa shape index (κ1) is 17.3. The summed E-state index contributed by atoms with van der Waals surface area (Å²) in [6, 6.07) is 13.8. The van der Waals surface area contributed by atoms with Crippen molar-refractivity contribution < 1.29 is 9.53 Å². The van der Waals surface area contributed by atoms with Crippen LogP contribution in [0.4, 0.5) is 5.69 Å². The lowest BCUT2D eigenvalue weighted by Gasteiger charge is -2.10. The van der Waals surface area contributed by atoms with Crippen molar-refractivity contribution in [2.45, 2.75) is 13.8 Å². The molecule has 0 aliphatic heterocycles. The van der Waals surface area contributed by atoms with Crippen LogP contribution < -0.4 is 15.4 Å². The van der Waals surface area contributed by atoms with Crippen LogP contribution in [0, 0.1) is 13.8 Å². The smallest absolute Gasteiger partial charge is 0.239 e. The fraction of sp³-hybridized carbons (Fsp3) is 0.278. The standard InChI is InChI=1S/C18H21BrN2O2/c1-13-4-3-5-15(10-13)23-9-8-20-18(22)12-21-17-7-6-14(2)11-16(17)19/h3-7,10-11,21H,8-9,12H2,1-2H3,(H,20,22). The number of amides is 1. The van der Waals surface area contributed by atoms with Crippen molar-refractivity contribution in [3.63, 3.8) is 0 Å². The number of hydrogen-bond donors (Lipinski definition) is 2. The molecule has 0 atom stereocenters. The van der Waals surface area contributed by atoms with Crippen molar-refractivity contribution in [1.82, 2.24) is 5.32 Å². The predicted octanol–water partition coefficient (Wildman–Crippen LogP) is 3.67. The van der Waals surface area contributed by atoms with E-state index in [1.54, 1.807) is 0 Å². The maximum atomic E-state index is 11.8. The van der Waals surface area contributed by atoms with Crippen molar-refractivity contribution in [2.75, 3.05) is 25.0 Å². The van der Waals surface area contributed by atoms with Crippen LogP contribution in [0.15, 0.2) is 46.9 Å². The molecule has 1 amide bonds. The molecule has 0 aliphatic carbocycles. The van der Waals surface area contributed by atoms with Gasteiger partial charge in [-0.15, -0.1) is 0 Å². The molecule has 0 saturated heterocycles. The van der Waals surface area contributed by atoms with Gasteiger partial charge >= 0.3 is 0 Å². The number of carbonyl (C=O) groups excluding carboxylic acids is 1. The topological polar surface area (TPSA) is 50.4 Å². The molecule has 122 valence electrons. The van der Waals surface area contributed by atoms with E-state index in [2.05, 4.69) is 26.6 Å². The fourth-order valence-corrected chi connectivity index (χ4v) is 2.70. The van der Waals surface area contributed by atoms with Crippen LogP contribution in [-0.2, 0) is 4.79 Å². The van der Waals surface area contributed by atoms with E-state index in [4.69, 9.17) is 4.74 Å². The molecule has 5 heteroatoms. The first-order valence-corrected chi connectivity index (χ1v) is 8.30. The Morgan fingerprint density at radius 1 is 1.13 bits per heavy atom. The molecular formula is C18H21BrN2O2. The maximum absolute atomic E-state index is 11.8. The van der Waals surface area contributed by atoms with Gasteiger partial charge in [-0.2, -0.15) is 0 Å². The van der Waals surface area contributed by atoms with Gasteiger partial charge in [0.1, 0.15) is 12.4 Å². The number of halogens is 1. The Balaban J connectivity index is 1.67. The average molecular weight is 377 g/mol. The summed E-state index contributed by atoms with van der Waals surface area (Å²) in [5.41, 5.74) is 3.22. The summed E-state index contributed by atoms with van der Waals surface area (Å²) in [5.74, 6) is 0.756. The highest BCUT2D eigenvalue weighted by Gasteiger charge is 2.04. The zero-order chi connectivity index (χ0) is 16.7. The molecule has 2 aromatic carbocycles. The summed E-state index contributed by atoms with van der Waals surface area (Å²) in [4.78, 5) is 11.8. The summed E-state index contributed by atoms with van der Waals surface area (Å²) >= 11 is 3.48. The van der Waals surface area contributed by atoms with Gasteiger partial charge in [0.25, 0.3) is 0 Å². The monoisotopic (exact) mass is 376 g/mol.